The van der Waals surface area contributed by atoms with Crippen molar-refractivity contribution < 1.29 is 19.0 Å². The summed E-state index contributed by atoms with van der Waals surface area (Å²) < 4.78 is 17.1. The summed E-state index contributed by atoms with van der Waals surface area (Å²) in [6.07, 6.45) is 6.54. The number of hydrogen-bond acceptors (Lipinski definition) is 5. The lowest BCUT2D eigenvalue weighted by atomic mass is 9.65. The van der Waals surface area contributed by atoms with Crippen molar-refractivity contribution in [2.75, 3.05) is 14.2 Å². The molecule has 0 saturated heterocycles. The zero-order valence-corrected chi connectivity index (χ0v) is 16.1. The minimum Gasteiger partial charge on any atom is -0.493 e. The first kappa shape index (κ1) is 19.5. The molecule has 6 heteroatoms. The lowest BCUT2D eigenvalue weighted by Gasteiger charge is -2.41. The third-order valence-electron chi connectivity index (χ3n) is 6.28. The number of hydrogen-bond donors (Lipinski definition) is 1. The summed E-state index contributed by atoms with van der Waals surface area (Å²) in [6, 6.07) is 8.21. The second kappa shape index (κ2) is 7.77. The van der Waals surface area contributed by atoms with E-state index >= 15 is 0 Å². The Morgan fingerprint density at radius 1 is 1.15 bits per heavy atom. The summed E-state index contributed by atoms with van der Waals surface area (Å²) in [4.78, 5) is 11.9. The maximum absolute atomic E-state index is 11.9. The van der Waals surface area contributed by atoms with Crippen LogP contribution in [-0.4, -0.2) is 31.8 Å². The predicted octanol–water partition coefficient (Wildman–Crippen LogP) is 3.22. The van der Waals surface area contributed by atoms with Crippen molar-refractivity contribution in [3.05, 3.63) is 23.8 Å². The molecule has 2 aliphatic carbocycles. The Morgan fingerprint density at radius 2 is 1.81 bits per heavy atom. The summed E-state index contributed by atoms with van der Waals surface area (Å²) in [7, 11) is 3.13. The molecule has 0 atom stereocenters. The van der Waals surface area contributed by atoms with Crippen LogP contribution in [0.4, 0.5) is 0 Å². The number of carbonyl (C=O) groups is 1. The van der Waals surface area contributed by atoms with Crippen molar-refractivity contribution in [2.24, 2.45) is 5.73 Å². The summed E-state index contributed by atoms with van der Waals surface area (Å²) in [6.45, 7) is 0. The maximum Gasteiger partial charge on any atom is 0.249 e. The van der Waals surface area contributed by atoms with Gasteiger partial charge in [0.2, 0.25) is 5.91 Å². The van der Waals surface area contributed by atoms with Gasteiger partial charge >= 0.3 is 0 Å². The first-order chi connectivity index (χ1) is 13.0. The molecule has 2 N–H and O–H groups in total. The number of primary amides is 1. The Morgan fingerprint density at radius 3 is 2.33 bits per heavy atom. The lowest BCUT2D eigenvalue weighted by molar-refractivity contribution is -0.145. The second-order valence-corrected chi connectivity index (χ2v) is 7.65. The number of amides is 1. The molecule has 1 aromatic rings. The highest BCUT2D eigenvalue weighted by Gasteiger charge is 2.47. The fourth-order valence-corrected chi connectivity index (χ4v) is 4.35. The van der Waals surface area contributed by atoms with Crippen LogP contribution >= 0.6 is 0 Å². The topological polar surface area (TPSA) is 94.6 Å². The number of ether oxygens (including phenoxy) is 3. The molecular formula is C21H28N2O4. The van der Waals surface area contributed by atoms with E-state index in [1.165, 1.54) is 20.0 Å². The average molecular weight is 372 g/mol. The van der Waals surface area contributed by atoms with Crippen LogP contribution in [0.3, 0.4) is 0 Å². The van der Waals surface area contributed by atoms with Gasteiger partial charge in [-0.05, 0) is 69.1 Å². The molecule has 27 heavy (non-hydrogen) atoms. The highest BCUT2D eigenvalue weighted by atomic mass is 16.5. The van der Waals surface area contributed by atoms with E-state index in [1.807, 2.05) is 18.2 Å². The summed E-state index contributed by atoms with van der Waals surface area (Å²) in [5, 5.41) is 10.00. The summed E-state index contributed by atoms with van der Waals surface area (Å²) >= 11 is 0. The lowest BCUT2D eigenvalue weighted by Crippen LogP contribution is -2.50. The Labute approximate surface area is 160 Å². The molecule has 0 radical (unpaired) electrons. The molecule has 0 aromatic heterocycles. The van der Waals surface area contributed by atoms with Gasteiger partial charge in [-0.1, -0.05) is 6.07 Å². The average Bonchev–Trinajstić information content (AvgIpc) is 3.21. The molecule has 0 spiro atoms. The molecular weight excluding hydrogens is 344 g/mol. The van der Waals surface area contributed by atoms with Gasteiger partial charge in [0.05, 0.1) is 24.7 Å². The minimum atomic E-state index is -0.976. The predicted molar refractivity (Wildman–Crippen MR) is 101 cm³/mol. The SMILES string of the molecule is COc1ccc(C2(C#N)CCC(OC)(C(N)=O)CC2)cc1OC1CCCC1. The van der Waals surface area contributed by atoms with Gasteiger partial charge in [0.1, 0.15) is 5.60 Å². The number of carbonyl (C=O) groups excluding carboxylic acids is 1. The molecule has 2 fully saturated rings. The molecule has 1 aromatic carbocycles. The number of nitrogens with zero attached hydrogens (tertiary/aromatic N) is 1. The van der Waals surface area contributed by atoms with Crippen molar-refractivity contribution in [3.63, 3.8) is 0 Å². The quantitative estimate of drug-likeness (QED) is 0.827. The van der Waals surface area contributed by atoms with Gasteiger partial charge in [0, 0.05) is 7.11 Å². The van der Waals surface area contributed by atoms with Gasteiger partial charge in [0.25, 0.3) is 0 Å². The van der Waals surface area contributed by atoms with Gasteiger partial charge in [-0.2, -0.15) is 5.26 Å². The van der Waals surface area contributed by atoms with Crippen LogP contribution in [0.1, 0.15) is 56.9 Å². The standard InChI is InChI=1S/C21H28N2O4/c1-25-17-8-7-15(13-18(17)27-16-5-3-4-6-16)20(14-22)9-11-21(26-2,12-10-20)19(23)24/h7-8,13,16H,3-6,9-12H2,1-2H3,(H2,23,24). The fourth-order valence-electron chi connectivity index (χ4n) is 4.35. The van der Waals surface area contributed by atoms with Crippen molar-refractivity contribution in [2.45, 2.75) is 68.5 Å². The normalized spacial score (nSPS) is 28.5. The number of benzene rings is 1. The van der Waals surface area contributed by atoms with Crippen LogP contribution in [-0.2, 0) is 14.9 Å². The first-order valence-corrected chi connectivity index (χ1v) is 9.60. The van der Waals surface area contributed by atoms with Crippen molar-refractivity contribution >= 4 is 5.91 Å². The number of rotatable bonds is 6. The minimum absolute atomic E-state index is 0.203. The van der Waals surface area contributed by atoms with Gasteiger partial charge in [-0.25, -0.2) is 0 Å². The van der Waals surface area contributed by atoms with Crippen LogP contribution in [0.15, 0.2) is 18.2 Å². The number of nitriles is 1. The number of methoxy groups -OCH3 is 2. The van der Waals surface area contributed by atoms with Gasteiger partial charge in [-0.15, -0.1) is 0 Å². The molecule has 1 amide bonds. The molecule has 0 heterocycles. The van der Waals surface area contributed by atoms with Gasteiger partial charge < -0.3 is 19.9 Å². The van der Waals surface area contributed by atoms with E-state index in [2.05, 4.69) is 6.07 Å². The molecule has 3 rings (SSSR count). The zero-order chi connectivity index (χ0) is 19.5. The molecule has 2 saturated carbocycles. The summed E-state index contributed by atoms with van der Waals surface area (Å²) in [5.74, 6) is 0.907. The van der Waals surface area contributed by atoms with Gasteiger partial charge in [0.15, 0.2) is 11.5 Å². The first-order valence-electron chi connectivity index (χ1n) is 9.60. The Bertz CT molecular complexity index is 726. The third kappa shape index (κ3) is 3.61. The molecule has 6 nitrogen and oxygen atoms in total. The second-order valence-electron chi connectivity index (χ2n) is 7.65. The van der Waals surface area contributed by atoms with Crippen molar-refractivity contribution in [1.82, 2.24) is 0 Å². The monoisotopic (exact) mass is 372 g/mol. The van der Waals surface area contributed by atoms with Crippen LogP contribution in [0.25, 0.3) is 0 Å². The smallest absolute Gasteiger partial charge is 0.249 e. The van der Waals surface area contributed by atoms with E-state index in [-0.39, 0.29) is 6.10 Å². The van der Waals surface area contributed by atoms with E-state index in [0.717, 1.165) is 18.4 Å². The molecule has 146 valence electrons. The van der Waals surface area contributed by atoms with Crippen molar-refractivity contribution in [3.8, 4) is 17.6 Å². The van der Waals surface area contributed by atoms with Crippen LogP contribution < -0.4 is 15.2 Å². The Kier molecular flexibility index (Phi) is 5.61. The molecule has 2 aliphatic rings. The van der Waals surface area contributed by atoms with E-state index < -0.39 is 16.9 Å². The molecule has 0 aliphatic heterocycles. The van der Waals surface area contributed by atoms with Gasteiger partial charge in [-0.3, -0.25) is 4.79 Å². The van der Waals surface area contributed by atoms with Crippen LogP contribution in [0.2, 0.25) is 0 Å². The summed E-state index contributed by atoms with van der Waals surface area (Å²) in [5.41, 5.74) is 4.79. The van der Waals surface area contributed by atoms with E-state index in [0.29, 0.717) is 37.2 Å². The van der Waals surface area contributed by atoms with E-state index in [1.54, 1.807) is 7.11 Å². The Hall–Kier alpha value is -2.26. The largest absolute Gasteiger partial charge is 0.493 e. The fraction of sp³-hybridized carbons (Fsp3) is 0.619. The highest BCUT2D eigenvalue weighted by molar-refractivity contribution is 5.83. The molecule has 0 bridgehead atoms. The third-order valence-corrected chi connectivity index (χ3v) is 6.28. The zero-order valence-electron chi connectivity index (χ0n) is 16.1. The number of nitrogens with two attached hydrogens (primary N) is 1. The van der Waals surface area contributed by atoms with E-state index in [9.17, 15) is 10.1 Å². The maximum atomic E-state index is 11.9. The van der Waals surface area contributed by atoms with Crippen LogP contribution in [0.5, 0.6) is 11.5 Å². The Balaban J connectivity index is 1.87. The highest BCUT2D eigenvalue weighted by Crippen LogP contribution is 2.46. The van der Waals surface area contributed by atoms with E-state index in [4.69, 9.17) is 19.9 Å². The van der Waals surface area contributed by atoms with Crippen molar-refractivity contribution in [1.29, 1.82) is 5.26 Å². The van der Waals surface area contributed by atoms with Crippen LogP contribution in [0, 0.1) is 11.3 Å². The molecule has 0 unspecified atom stereocenters.